The molecular weight excluding hydrogens is 280 g/mol. The highest BCUT2D eigenvalue weighted by molar-refractivity contribution is 9.10. The highest BCUT2D eigenvalue weighted by Crippen LogP contribution is 2.21. The van der Waals surface area contributed by atoms with E-state index < -0.39 is 0 Å². The van der Waals surface area contributed by atoms with Gasteiger partial charge < -0.3 is 5.32 Å². The topological polar surface area (TPSA) is 50.7 Å². The second kappa shape index (κ2) is 5.33. The van der Waals surface area contributed by atoms with Crippen LogP contribution in [0.2, 0.25) is 0 Å². The summed E-state index contributed by atoms with van der Waals surface area (Å²) < 4.78 is 1.02. The Morgan fingerprint density at radius 1 is 1.35 bits per heavy atom. The van der Waals surface area contributed by atoms with Gasteiger partial charge in [-0.1, -0.05) is 28.1 Å². The van der Waals surface area contributed by atoms with Crippen LogP contribution in [0.25, 0.3) is 11.3 Å². The van der Waals surface area contributed by atoms with Crippen LogP contribution < -0.4 is 5.32 Å². The van der Waals surface area contributed by atoms with Crippen LogP contribution in [0.1, 0.15) is 18.8 Å². The van der Waals surface area contributed by atoms with Crippen molar-refractivity contribution in [2.75, 3.05) is 7.05 Å². The molecule has 0 saturated carbocycles. The van der Waals surface area contributed by atoms with E-state index in [-0.39, 0.29) is 6.04 Å². The van der Waals surface area contributed by atoms with Crippen molar-refractivity contribution in [2.24, 2.45) is 0 Å². The van der Waals surface area contributed by atoms with Crippen molar-refractivity contribution in [1.29, 1.82) is 0 Å². The van der Waals surface area contributed by atoms with Crippen LogP contribution in [0, 0.1) is 0 Å². The van der Waals surface area contributed by atoms with Gasteiger partial charge in [0.15, 0.2) is 5.82 Å². The predicted octanol–water partition coefficient (Wildman–Crippen LogP) is 2.58. The predicted molar refractivity (Wildman–Crippen MR) is 70.4 cm³/mol. The standard InChI is InChI=1S/C12H13BrN4/c1-8(14-2)12-16-11(7-15-17-12)9-4-3-5-10(13)6-9/h3-8,14H,1-2H3. The molecule has 1 aromatic carbocycles. The van der Waals surface area contributed by atoms with E-state index in [4.69, 9.17) is 0 Å². The number of benzene rings is 1. The number of halogens is 1. The van der Waals surface area contributed by atoms with Crippen molar-refractivity contribution in [3.05, 3.63) is 40.8 Å². The first-order chi connectivity index (χ1) is 8.20. The zero-order valence-electron chi connectivity index (χ0n) is 9.68. The third-order valence-corrected chi connectivity index (χ3v) is 3.01. The van der Waals surface area contributed by atoms with Crippen LogP contribution in [0.5, 0.6) is 0 Å². The van der Waals surface area contributed by atoms with Crippen molar-refractivity contribution in [3.8, 4) is 11.3 Å². The Morgan fingerprint density at radius 2 is 2.18 bits per heavy atom. The molecule has 0 fully saturated rings. The van der Waals surface area contributed by atoms with Crippen molar-refractivity contribution in [1.82, 2.24) is 20.5 Å². The van der Waals surface area contributed by atoms with Crippen LogP contribution in [0.15, 0.2) is 34.9 Å². The average molecular weight is 293 g/mol. The molecule has 1 heterocycles. The second-order valence-electron chi connectivity index (χ2n) is 3.72. The zero-order chi connectivity index (χ0) is 12.3. The molecule has 0 bridgehead atoms. The van der Waals surface area contributed by atoms with E-state index in [0.717, 1.165) is 15.7 Å². The van der Waals surface area contributed by atoms with Gasteiger partial charge in [0.1, 0.15) is 0 Å². The molecule has 2 rings (SSSR count). The fourth-order valence-corrected chi connectivity index (χ4v) is 1.82. The first-order valence-corrected chi connectivity index (χ1v) is 6.13. The Kier molecular flexibility index (Phi) is 3.81. The van der Waals surface area contributed by atoms with Crippen LogP contribution in [-0.2, 0) is 0 Å². The van der Waals surface area contributed by atoms with E-state index in [1.54, 1.807) is 6.20 Å². The van der Waals surface area contributed by atoms with E-state index in [1.807, 2.05) is 38.2 Å². The largest absolute Gasteiger partial charge is 0.311 e. The van der Waals surface area contributed by atoms with Gasteiger partial charge >= 0.3 is 0 Å². The number of hydrogen-bond donors (Lipinski definition) is 1. The SMILES string of the molecule is CNC(C)c1nncc(-c2cccc(Br)c2)n1. The monoisotopic (exact) mass is 292 g/mol. The fourth-order valence-electron chi connectivity index (χ4n) is 1.42. The summed E-state index contributed by atoms with van der Waals surface area (Å²) in [5.74, 6) is 0.699. The van der Waals surface area contributed by atoms with Gasteiger partial charge in [0.25, 0.3) is 0 Å². The van der Waals surface area contributed by atoms with Gasteiger partial charge in [-0.15, -0.1) is 5.10 Å². The van der Waals surface area contributed by atoms with Gasteiger partial charge in [0.05, 0.1) is 17.9 Å². The normalized spacial score (nSPS) is 12.4. The molecule has 0 spiro atoms. The maximum atomic E-state index is 4.50. The summed E-state index contributed by atoms with van der Waals surface area (Å²) in [7, 11) is 1.87. The van der Waals surface area contributed by atoms with E-state index in [0.29, 0.717) is 5.82 Å². The summed E-state index contributed by atoms with van der Waals surface area (Å²) >= 11 is 3.44. The van der Waals surface area contributed by atoms with Gasteiger partial charge in [-0.3, -0.25) is 0 Å². The first kappa shape index (κ1) is 12.1. The Bertz CT molecular complexity index is 515. The Morgan fingerprint density at radius 3 is 2.88 bits per heavy atom. The van der Waals surface area contributed by atoms with E-state index in [2.05, 4.69) is 36.4 Å². The molecule has 0 radical (unpaired) electrons. The molecule has 4 nitrogen and oxygen atoms in total. The minimum atomic E-state index is 0.0922. The molecule has 0 aliphatic carbocycles. The molecule has 0 aliphatic rings. The Balaban J connectivity index is 2.39. The maximum Gasteiger partial charge on any atom is 0.168 e. The minimum Gasteiger partial charge on any atom is -0.311 e. The number of aromatic nitrogens is 3. The minimum absolute atomic E-state index is 0.0922. The second-order valence-corrected chi connectivity index (χ2v) is 4.64. The Labute approximate surface area is 109 Å². The molecule has 17 heavy (non-hydrogen) atoms. The number of nitrogens with one attached hydrogen (secondary N) is 1. The molecule has 1 atom stereocenters. The summed E-state index contributed by atoms with van der Waals surface area (Å²) in [4.78, 5) is 4.50. The van der Waals surface area contributed by atoms with Gasteiger partial charge in [0, 0.05) is 10.0 Å². The van der Waals surface area contributed by atoms with Crippen LogP contribution in [0.3, 0.4) is 0 Å². The van der Waals surface area contributed by atoms with Gasteiger partial charge in [-0.2, -0.15) is 5.10 Å². The van der Waals surface area contributed by atoms with E-state index >= 15 is 0 Å². The summed E-state index contributed by atoms with van der Waals surface area (Å²) in [5.41, 5.74) is 1.86. The lowest BCUT2D eigenvalue weighted by atomic mass is 10.2. The maximum absolute atomic E-state index is 4.50. The van der Waals surface area contributed by atoms with E-state index in [9.17, 15) is 0 Å². The van der Waals surface area contributed by atoms with Gasteiger partial charge in [0.2, 0.25) is 0 Å². The summed E-state index contributed by atoms with van der Waals surface area (Å²) in [6.07, 6.45) is 1.67. The van der Waals surface area contributed by atoms with Crippen molar-refractivity contribution in [2.45, 2.75) is 13.0 Å². The summed E-state index contributed by atoms with van der Waals surface area (Å²) in [6, 6.07) is 8.06. The molecule has 1 N–H and O–H groups in total. The zero-order valence-corrected chi connectivity index (χ0v) is 11.3. The quantitative estimate of drug-likeness (QED) is 0.945. The van der Waals surface area contributed by atoms with E-state index in [1.165, 1.54) is 0 Å². The van der Waals surface area contributed by atoms with Crippen molar-refractivity contribution < 1.29 is 0 Å². The first-order valence-electron chi connectivity index (χ1n) is 5.33. The summed E-state index contributed by atoms with van der Waals surface area (Å²) in [6.45, 7) is 2.00. The third-order valence-electron chi connectivity index (χ3n) is 2.52. The third kappa shape index (κ3) is 2.87. The molecule has 0 saturated heterocycles. The molecule has 0 amide bonds. The van der Waals surface area contributed by atoms with Crippen LogP contribution >= 0.6 is 15.9 Å². The molecule has 5 heteroatoms. The molecule has 1 unspecified atom stereocenters. The highest BCUT2D eigenvalue weighted by Gasteiger charge is 2.08. The fraction of sp³-hybridized carbons (Fsp3) is 0.250. The van der Waals surface area contributed by atoms with Crippen molar-refractivity contribution in [3.63, 3.8) is 0 Å². The molecule has 2 aromatic rings. The molecule has 0 aliphatic heterocycles. The smallest absolute Gasteiger partial charge is 0.168 e. The van der Waals surface area contributed by atoms with Gasteiger partial charge in [-0.25, -0.2) is 4.98 Å². The molecule has 88 valence electrons. The molecule has 1 aromatic heterocycles. The van der Waals surface area contributed by atoms with Crippen LogP contribution in [-0.4, -0.2) is 22.2 Å². The average Bonchev–Trinajstić information content (AvgIpc) is 2.38. The number of nitrogens with zero attached hydrogens (tertiary/aromatic N) is 3. The van der Waals surface area contributed by atoms with Crippen LogP contribution in [0.4, 0.5) is 0 Å². The lowest BCUT2D eigenvalue weighted by Crippen LogP contribution is -2.16. The van der Waals surface area contributed by atoms with Crippen molar-refractivity contribution >= 4 is 15.9 Å². The Hall–Kier alpha value is -1.33. The lowest BCUT2D eigenvalue weighted by molar-refractivity contribution is 0.597. The number of rotatable bonds is 3. The van der Waals surface area contributed by atoms with Gasteiger partial charge in [-0.05, 0) is 26.1 Å². The lowest BCUT2D eigenvalue weighted by Gasteiger charge is -2.08. The number of hydrogen-bond acceptors (Lipinski definition) is 4. The highest BCUT2D eigenvalue weighted by atomic mass is 79.9. The molecular formula is C12H13BrN4. The summed E-state index contributed by atoms with van der Waals surface area (Å²) in [5, 5.41) is 11.1.